The summed E-state index contributed by atoms with van der Waals surface area (Å²) in [5.41, 5.74) is 2.05. The molecule has 1 aromatic heterocycles. The molecule has 2 aromatic rings. The van der Waals surface area contributed by atoms with E-state index in [4.69, 9.17) is 0 Å². The number of nitrogens with zero attached hydrogens (tertiary/aromatic N) is 2. The van der Waals surface area contributed by atoms with Gasteiger partial charge in [0.25, 0.3) is 0 Å². The maximum absolute atomic E-state index is 13.1. The fraction of sp³-hybridized carbons (Fsp3) is 0.520. The van der Waals surface area contributed by atoms with E-state index in [9.17, 15) is 14.7 Å². The summed E-state index contributed by atoms with van der Waals surface area (Å²) >= 11 is 1.81. The van der Waals surface area contributed by atoms with E-state index in [-0.39, 0.29) is 17.4 Å². The number of rotatable bonds is 4. The van der Waals surface area contributed by atoms with Gasteiger partial charge in [0, 0.05) is 41.0 Å². The van der Waals surface area contributed by atoms with Crippen LogP contribution in [0.2, 0.25) is 0 Å². The first-order valence-corrected chi connectivity index (χ1v) is 12.1. The number of thiophene rings is 1. The van der Waals surface area contributed by atoms with Crippen molar-refractivity contribution >= 4 is 28.9 Å². The Hall–Kier alpha value is -2.18. The third-order valence-electron chi connectivity index (χ3n) is 5.80. The lowest BCUT2D eigenvalue weighted by Gasteiger charge is -2.30. The third-order valence-corrected chi connectivity index (χ3v) is 6.79. The fourth-order valence-electron chi connectivity index (χ4n) is 4.15. The topological polar surface area (TPSA) is 60.9 Å². The lowest BCUT2D eigenvalue weighted by Crippen LogP contribution is -2.36. The molecule has 0 unspecified atom stereocenters. The number of hydrogen-bond acceptors (Lipinski definition) is 4. The molecule has 3 rings (SSSR count). The Kier molecular flexibility index (Phi) is 8.27. The third kappa shape index (κ3) is 6.40. The summed E-state index contributed by atoms with van der Waals surface area (Å²) in [4.78, 5) is 31.6. The Morgan fingerprint density at radius 3 is 2.39 bits per heavy atom. The Balaban J connectivity index is 1.99. The van der Waals surface area contributed by atoms with Crippen LogP contribution in [0.5, 0.6) is 0 Å². The molecule has 168 valence electrons. The average Bonchev–Trinajstić information content (AvgIpc) is 3.13. The smallest absolute Gasteiger partial charge is 0.335 e. The maximum atomic E-state index is 13.1. The SMILES string of the molecule is Cc1ccc(CN2CCCCCCCN(C(=O)C(C)C)c3ccc(C(=O)O)cc3C2)s1. The summed E-state index contributed by atoms with van der Waals surface area (Å²) in [7, 11) is 0. The number of hydrogen-bond donors (Lipinski definition) is 1. The molecule has 0 radical (unpaired) electrons. The van der Waals surface area contributed by atoms with Crippen molar-refractivity contribution in [3.63, 3.8) is 0 Å². The Bertz CT molecular complexity index is 906. The number of aromatic carboxylic acids is 1. The minimum absolute atomic E-state index is 0.0989. The van der Waals surface area contributed by atoms with Crippen molar-refractivity contribution in [3.05, 3.63) is 51.2 Å². The van der Waals surface area contributed by atoms with E-state index in [2.05, 4.69) is 24.0 Å². The van der Waals surface area contributed by atoms with E-state index in [0.717, 1.165) is 43.6 Å². The van der Waals surface area contributed by atoms with Crippen LogP contribution in [-0.4, -0.2) is 35.0 Å². The van der Waals surface area contributed by atoms with Crippen LogP contribution in [0, 0.1) is 12.8 Å². The van der Waals surface area contributed by atoms with Gasteiger partial charge in [-0.25, -0.2) is 4.79 Å². The molecule has 0 saturated heterocycles. The molecular weight excluding hydrogens is 408 g/mol. The highest BCUT2D eigenvalue weighted by atomic mass is 32.1. The molecule has 1 aliphatic heterocycles. The van der Waals surface area contributed by atoms with E-state index >= 15 is 0 Å². The first-order chi connectivity index (χ1) is 14.8. The van der Waals surface area contributed by atoms with Gasteiger partial charge in [-0.15, -0.1) is 11.3 Å². The van der Waals surface area contributed by atoms with Crippen LogP contribution in [0.4, 0.5) is 5.69 Å². The van der Waals surface area contributed by atoms with E-state index in [1.165, 1.54) is 22.6 Å². The second-order valence-electron chi connectivity index (χ2n) is 8.78. The monoisotopic (exact) mass is 442 g/mol. The lowest BCUT2D eigenvalue weighted by atomic mass is 10.0. The second kappa shape index (κ2) is 10.9. The number of fused-ring (bicyclic) bond motifs is 1. The van der Waals surface area contributed by atoms with Gasteiger partial charge in [-0.2, -0.15) is 0 Å². The number of benzene rings is 1. The predicted octanol–water partition coefficient (Wildman–Crippen LogP) is 5.71. The van der Waals surface area contributed by atoms with E-state index < -0.39 is 5.97 Å². The van der Waals surface area contributed by atoms with Crippen molar-refractivity contribution in [1.29, 1.82) is 0 Å². The standard InChI is InChI=1S/C25H34N2O3S/c1-18(2)24(28)27-14-8-6-4-5-7-13-26(17-22-11-9-19(3)31-22)16-21-15-20(25(29)30)10-12-23(21)27/h9-12,15,18H,4-8,13-14,16-17H2,1-3H3,(H,29,30). The van der Waals surface area contributed by atoms with Crippen LogP contribution in [-0.2, 0) is 17.9 Å². The van der Waals surface area contributed by atoms with Gasteiger partial charge < -0.3 is 10.0 Å². The zero-order chi connectivity index (χ0) is 22.4. The number of anilines is 1. The van der Waals surface area contributed by atoms with E-state index in [0.29, 0.717) is 13.1 Å². The zero-order valence-electron chi connectivity index (χ0n) is 18.9. The van der Waals surface area contributed by atoms with Crippen molar-refractivity contribution in [2.75, 3.05) is 18.0 Å². The van der Waals surface area contributed by atoms with Crippen LogP contribution in [0.3, 0.4) is 0 Å². The number of carbonyl (C=O) groups is 2. The predicted molar refractivity (Wildman–Crippen MR) is 127 cm³/mol. The highest BCUT2D eigenvalue weighted by molar-refractivity contribution is 7.11. The summed E-state index contributed by atoms with van der Waals surface area (Å²) in [6.45, 7) is 9.09. The fourth-order valence-corrected chi connectivity index (χ4v) is 5.08. The summed E-state index contributed by atoms with van der Waals surface area (Å²) in [6.07, 6.45) is 5.57. The molecule has 1 aromatic carbocycles. The minimum atomic E-state index is -0.934. The molecule has 6 heteroatoms. The number of carbonyl (C=O) groups excluding carboxylic acids is 1. The maximum Gasteiger partial charge on any atom is 0.335 e. The van der Waals surface area contributed by atoms with Gasteiger partial charge >= 0.3 is 5.97 Å². The van der Waals surface area contributed by atoms with Crippen LogP contribution in [0.25, 0.3) is 0 Å². The van der Waals surface area contributed by atoms with Crippen molar-refractivity contribution in [2.45, 2.75) is 66.0 Å². The first-order valence-electron chi connectivity index (χ1n) is 11.3. The molecule has 1 aliphatic rings. The number of carboxylic acid groups (broad SMARTS) is 1. The Labute approximate surface area is 189 Å². The summed E-state index contributed by atoms with van der Waals surface area (Å²) in [6, 6.07) is 9.55. The summed E-state index contributed by atoms with van der Waals surface area (Å²) in [5, 5.41) is 9.57. The molecular formula is C25H34N2O3S. The molecule has 2 heterocycles. The van der Waals surface area contributed by atoms with Crippen molar-refractivity contribution in [1.82, 2.24) is 4.90 Å². The second-order valence-corrected chi connectivity index (χ2v) is 10.2. The average molecular weight is 443 g/mol. The quantitative estimate of drug-likeness (QED) is 0.659. The van der Waals surface area contributed by atoms with Gasteiger partial charge in [0.15, 0.2) is 0 Å². The van der Waals surface area contributed by atoms with Crippen LogP contribution in [0.1, 0.15) is 71.6 Å². The highest BCUT2D eigenvalue weighted by Crippen LogP contribution is 2.28. The van der Waals surface area contributed by atoms with Gasteiger partial charge in [0.05, 0.1) is 5.56 Å². The molecule has 0 fully saturated rings. The largest absolute Gasteiger partial charge is 0.478 e. The molecule has 1 amide bonds. The van der Waals surface area contributed by atoms with Gasteiger partial charge in [0.1, 0.15) is 0 Å². The number of amides is 1. The van der Waals surface area contributed by atoms with Gasteiger partial charge in [-0.1, -0.05) is 33.1 Å². The zero-order valence-corrected chi connectivity index (χ0v) is 19.7. The molecule has 0 bridgehead atoms. The number of aryl methyl sites for hydroxylation is 1. The van der Waals surface area contributed by atoms with E-state index in [1.807, 2.05) is 36.2 Å². The first kappa shape index (κ1) is 23.5. The molecule has 0 atom stereocenters. The molecule has 5 nitrogen and oxygen atoms in total. The Morgan fingerprint density at radius 1 is 1.03 bits per heavy atom. The van der Waals surface area contributed by atoms with Gasteiger partial charge in [0.2, 0.25) is 5.91 Å². The van der Waals surface area contributed by atoms with Crippen LogP contribution < -0.4 is 4.90 Å². The van der Waals surface area contributed by atoms with Gasteiger partial charge in [-0.05, 0) is 62.2 Å². The van der Waals surface area contributed by atoms with Gasteiger partial charge in [-0.3, -0.25) is 9.69 Å². The van der Waals surface area contributed by atoms with Crippen LogP contribution >= 0.6 is 11.3 Å². The lowest BCUT2D eigenvalue weighted by molar-refractivity contribution is -0.121. The van der Waals surface area contributed by atoms with Crippen molar-refractivity contribution in [2.24, 2.45) is 5.92 Å². The minimum Gasteiger partial charge on any atom is -0.478 e. The molecule has 0 spiro atoms. The number of carboxylic acids is 1. The molecule has 31 heavy (non-hydrogen) atoms. The summed E-state index contributed by atoms with van der Waals surface area (Å²) in [5.74, 6) is -0.942. The summed E-state index contributed by atoms with van der Waals surface area (Å²) < 4.78 is 0. The highest BCUT2D eigenvalue weighted by Gasteiger charge is 2.23. The molecule has 0 saturated carbocycles. The Morgan fingerprint density at radius 2 is 1.74 bits per heavy atom. The van der Waals surface area contributed by atoms with Crippen molar-refractivity contribution < 1.29 is 14.7 Å². The normalized spacial score (nSPS) is 16.5. The molecule has 1 N–H and O–H groups in total. The van der Waals surface area contributed by atoms with E-state index in [1.54, 1.807) is 12.1 Å². The van der Waals surface area contributed by atoms with Crippen LogP contribution in [0.15, 0.2) is 30.3 Å². The molecule has 0 aliphatic carbocycles. The van der Waals surface area contributed by atoms with Crippen molar-refractivity contribution in [3.8, 4) is 0 Å².